The zero-order valence-electron chi connectivity index (χ0n) is 8.32. The van der Waals surface area contributed by atoms with Crippen molar-refractivity contribution >= 4 is 5.84 Å². The largest absolute Gasteiger partial charge is 0.483 e. The van der Waals surface area contributed by atoms with E-state index < -0.39 is 6.10 Å². The monoisotopic (exact) mass is 208 g/mol. The molecule has 0 radical (unpaired) electrons. The first-order chi connectivity index (χ1) is 7.16. The van der Waals surface area contributed by atoms with Crippen molar-refractivity contribution < 1.29 is 14.2 Å². The molecule has 1 heterocycles. The Morgan fingerprint density at radius 2 is 2.20 bits per heavy atom. The molecular weight excluding hydrogens is 196 g/mol. The van der Waals surface area contributed by atoms with E-state index in [1.54, 1.807) is 25.1 Å². The number of fused-ring (bicyclic) bond motifs is 1. The normalized spacial score (nSPS) is 14.7. The third-order valence-corrected chi connectivity index (χ3v) is 2.09. The van der Waals surface area contributed by atoms with E-state index in [4.69, 9.17) is 25.4 Å². The molecule has 1 aliphatic rings. The molecular formula is C10H12N2O3. The molecule has 15 heavy (non-hydrogen) atoms. The topological polar surface area (TPSA) is 77.6 Å². The van der Waals surface area contributed by atoms with E-state index in [1.807, 2.05) is 0 Å². The fourth-order valence-electron chi connectivity index (χ4n) is 1.22. The van der Waals surface area contributed by atoms with Gasteiger partial charge in [-0.25, -0.2) is 0 Å². The Labute approximate surface area is 87.3 Å². The third kappa shape index (κ3) is 1.96. The average Bonchev–Trinajstić information content (AvgIpc) is 2.64. The molecule has 0 bridgehead atoms. The number of amidine groups is 1. The fraction of sp³-hybridized carbons (Fsp3) is 0.300. The third-order valence-electron chi connectivity index (χ3n) is 2.09. The van der Waals surface area contributed by atoms with Crippen molar-refractivity contribution in [1.29, 1.82) is 5.41 Å². The van der Waals surface area contributed by atoms with Gasteiger partial charge in [0, 0.05) is 6.07 Å². The minimum atomic E-state index is -0.439. The molecule has 1 atom stereocenters. The van der Waals surface area contributed by atoms with E-state index in [9.17, 15) is 0 Å². The predicted molar refractivity (Wildman–Crippen MR) is 54.6 cm³/mol. The van der Waals surface area contributed by atoms with Crippen LogP contribution in [-0.2, 0) is 0 Å². The zero-order valence-corrected chi connectivity index (χ0v) is 8.32. The van der Waals surface area contributed by atoms with Gasteiger partial charge < -0.3 is 19.9 Å². The van der Waals surface area contributed by atoms with Crippen LogP contribution in [-0.4, -0.2) is 18.7 Å². The summed E-state index contributed by atoms with van der Waals surface area (Å²) in [4.78, 5) is 0. The summed E-state index contributed by atoms with van der Waals surface area (Å²) < 4.78 is 15.8. The molecule has 0 aromatic heterocycles. The molecule has 0 saturated carbocycles. The zero-order chi connectivity index (χ0) is 10.8. The number of ether oxygens (including phenoxy) is 3. The second-order valence-electron chi connectivity index (χ2n) is 3.23. The van der Waals surface area contributed by atoms with Crippen LogP contribution in [0.3, 0.4) is 0 Å². The Morgan fingerprint density at radius 3 is 2.93 bits per heavy atom. The molecule has 5 heteroatoms. The number of benzene rings is 1. The van der Waals surface area contributed by atoms with Gasteiger partial charge in [0.2, 0.25) is 6.79 Å². The van der Waals surface area contributed by atoms with Gasteiger partial charge in [-0.2, -0.15) is 0 Å². The maximum atomic E-state index is 7.20. The Balaban J connectivity index is 2.13. The number of hydrogen-bond acceptors (Lipinski definition) is 4. The highest BCUT2D eigenvalue weighted by Gasteiger charge is 2.15. The molecule has 0 saturated heterocycles. The minimum absolute atomic E-state index is 0.00679. The summed E-state index contributed by atoms with van der Waals surface area (Å²) in [5.41, 5.74) is 5.30. The van der Waals surface area contributed by atoms with Crippen LogP contribution in [0.5, 0.6) is 17.2 Å². The molecule has 1 unspecified atom stereocenters. The quantitative estimate of drug-likeness (QED) is 0.576. The summed E-state index contributed by atoms with van der Waals surface area (Å²) in [6.45, 7) is 1.95. The van der Waals surface area contributed by atoms with Gasteiger partial charge in [-0.1, -0.05) is 0 Å². The molecule has 1 aromatic rings. The lowest BCUT2D eigenvalue weighted by atomic mass is 10.3. The van der Waals surface area contributed by atoms with Gasteiger partial charge in [0.25, 0.3) is 0 Å². The SMILES string of the molecule is CC(Oc1ccc2c(c1)OCO2)C(=N)N. The van der Waals surface area contributed by atoms with Gasteiger partial charge in [-0.05, 0) is 19.1 Å². The molecule has 3 N–H and O–H groups in total. The smallest absolute Gasteiger partial charge is 0.231 e. The van der Waals surface area contributed by atoms with Crippen molar-refractivity contribution in [3.8, 4) is 17.2 Å². The van der Waals surface area contributed by atoms with E-state index in [0.29, 0.717) is 17.2 Å². The molecule has 1 aliphatic heterocycles. The van der Waals surface area contributed by atoms with Crippen molar-refractivity contribution in [2.75, 3.05) is 6.79 Å². The minimum Gasteiger partial charge on any atom is -0.483 e. The summed E-state index contributed by atoms with van der Waals surface area (Å²) in [7, 11) is 0. The van der Waals surface area contributed by atoms with Crippen LogP contribution in [0.15, 0.2) is 18.2 Å². The standard InChI is InChI=1S/C10H12N2O3/c1-6(10(11)12)15-7-2-3-8-9(4-7)14-5-13-8/h2-4,6H,5H2,1H3,(H3,11,12). The molecule has 1 aromatic carbocycles. The second kappa shape index (κ2) is 3.68. The van der Waals surface area contributed by atoms with Crippen molar-refractivity contribution in [3.63, 3.8) is 0 Å². The predicted octanol–water partition coefficient (Wildman–Crippen LogP) is 1.12. The lowest BCUT2D eigenvalue weighted by Gasteiger charge is -2.12. The Kier molecular flexibility index (Phi) is 2.37. The highest BCUT2D eigenvalue weighted by Crippen LogP contribution is 2.35. The van der Waals surface area contributed by atoms with Gasteiger partial charge in [0.1, 0.15) is 11.6 Å². The first-order valence-corrected chi connectivity index (χ1v) is 4.57. The number of nitrogens with one attached hydrogen (secondary N) is 1. The summed E-state index contributed by atoms with van der Waals surface area (Å²) in [6, 6.07) is 5.25. The second-order valence-corrected chi connectivity index (χ2v) is 3.23. The molecule has 0 amide bonds. The van der Waals surface area contributed by atoms with Gasteiger partial charge in [0.15, 0.2) is 17.6 Å². The van der Waals surface area contributed by atoms with E-state index in [-0.39, 0.29) is 12.6 Å². The van der Waals surface area contributed by atoms with Crippen molar-refractivity contribution in [1.82, 2.24) is 0 Å². The van der Waals surface area contributed by atoms with Gasteiger partial charge in [-0.3, -0.25) is 5.41 Å². The summed E-state index contributed by atoms with van der Waals surface area (Å²) >= 11 is 0. The maximum Gasteiger partial charge on any atom is 0.231 e. The summed E-state index contributed by atoms with van der Waals surface area (Å²) in [5.74, 6) is 1.97. The van der Waals surface area contributed by atoms with E-state index >= 15 is 0 Å². The molecule has 0 aliphatic carbocycles. The lowest BCUT2D eigenvalue weighted by Crippen LogP contribution is -2.29. The van der Waals surface area contributed by atoms with Crippen LogP contribution in [0.4, 0.5) is 0 Å². The highest BCUT2D eigenvalue weighted by atomic mass is 16.7. The Hall–Kier alpha value is -1.91. The molecule has 0 fully saturated rings. The van der Waals surface area contributed by atoms with Gasteiger partial charge in [0.05, 0.1) is 0 Å². The molecule has 5 nitrogen and oxygen atoms in total. The fourth-order valence-corrected chi connectivity index (χ4v) is 1.22. The number of rotatable bonds is 3. The molecule has 0 spiro atoms. The summed E-state index contributed by atoms with van der Waals surface area (Å²) in [6.07, 6.45) is -0.439. The van der Waals surface area contributed by atoms with Crippen molar-refractivity contribution in [2.24, 2.45) is 5.73 Å². The van der Waals surface area contributed by atoms with E-state index in [0.717, 1.165) is 0 Å². The highest BCUT2D eigenvalue weighted by molar-refractivity contribution is 5.81. The van der Waals surface area contributed by atoms with E-state index in [1.165, 1.54) is 0 Å². The summed E-state index contributed by atoms with van der Waals surface area (Å²) in [5, 5.41) is 7.20. The lowest BCUT2D eigenvalue weighted by molar-refractivity contribution is 0.173. The number of nitrogens with two attached hydrogens (primary N) is 1. The number of hydrogen-bond donors (Lipinski definition) is 2. The van der Waals surface area contributed by atoms with Crippen LogP contribution in [0.2, 0.25) is 0 Å². The molecule has 2 rings (SSSR count). The van der Waals surface area contributed by atoms with Crippen molar-refractivity contribution in [2.45, 2.75) is 13.0 Å². The van der Waals surface area contributed by atoms with Crippen LogP contribution < -0.4 is 19.9 Å². The van der Waals surface area contributed by atoms with E-state index in [2.05, 4.69) is 0 Å². The van der Waals surface area contributed by atoms with Crippen LogP contribution in [0, 0.1) is 5.41 Å². The maximum absolute atomic E-state index is 7.20. The molecule has 80 valence electrons. The van der Waals surface area contributed by atoms with Crippen LogP contribution in [0.25, 0.3) is 0 Å². The first-order valence-electron chi connectivity index (χ1n) is 4.57. The van der Waals surface area contributed by atoms with Crippen LogP contribution in [0.1, 0.15) is 6.92 Å². The van der Waals surface area contributed by atoms with Crippen molar-refractivity contribution in [3.05, 3.63) is 18.2 Å². The average molecular weight is 208 g/mol. The van der Waals surface area contributed by atoms with Crippen LogP contribution >= 0.6 is 0 Å². The Bertz CT molecular complexity index is 392. The first kappa shape index (κ1) is 9.64. The van der Waals surface area contributed by atoms with Gasteiger partial charge in [-0.15, -0.1) is 0 Å². The van der Waals surface area contributed by atoms with Gasteiger partial charge >= 0.3 is 0 Å². The Morgan fingerprint density at radius 1 is 1.47 bits per heavy atom.